The highest BCUT2D eigenvalue weighted by Crippen LogP contribution is 2.04. The molecule has 0 spiro atoms. The molecule has 27 heavy (non-hydrogen) atoms. The van der Waals surface area contributed by atoms with Crippen LogP contribution in [0.5, 0.6) is 0 Å². The van der Waals surface area contributed by atoms with Crippen LogP contribution in [-0.4, -0.2) is 55.3 Å². The van der Waals surface area contributed by atoms with Crippen LogP contribution in [0.4, 0.5) is 4.79 Å². The van der Waals surface area contributed by atoms with Gasteiger partial charge in [0.15, 0.2) is 0 Å². The molecule has 156 valence electrons. The zero-order valence-electron chi connectivity index (χ0n) is 16.2. The molecule has 3 atom stereocenters. The van der Waals surface area contributed by atoms with E-state index < -0.39 is 36.0 Å². The van der Waals surface area contributed by atoms with E-state index in [0.29, 0.717) is 32.1 Å². The van der Waals surface area contributed by atoms with E-state index in [9.17, 15) is 19.2 Å². The number of primary amides is 1. The van der Waals surface area contributed by atoms with E-state index >= 15 is 0 Å². The standard InChI is InChI=1S/C17H34N6O4/c1-11(2)14(19)16(26)23-13(7-5-9-21-17(20)27)15(25)22-12(10-24)6-3-4-8-18/h10-14H,3-9,18-19H2,1-2H3,(H,22,25)(H,23,26)(H3,20,21,27)/t12-,13-,14?/m0/s1. The highest BCUT2D eigenvalue weighted by Gasteiger charge is 2.26. The molecule has 0 aromatic carbocycles. The number of carbonyl (C=O) groups is 4. The van der Waals surface area contributed by atoms with E-state index in [0.717, 1.165) is 6.42 Å². The summed E-state index contributed by atoms with van der Waals surface area (Å²) < 4.78 is 0. The molecule has 0 rings (SSSR count). The molecule has 4 amide bonds. The molecule has 0 saturated carbocycles. The Hall–Kier alpha value is -2.20. The molecule has 0 fully saturated rings. The molecule has 0 heterocycles. The Balaban J connectivity index is 4.86. The van der Waals surface area contributed by atoms with Crippen LogP contribution in [0.3, 0.4) is 0 Å². The van der Waals surface area contributed by atoms with E-state index in [4.69, 9.17) is 17.2 Å². The Morgan fingerprint density at radius 3 is 2.19 bits per heavy atom. The number of urea groups is 1. The number of carbonyl (C=O) groups excluding carboxylic acids is 4. The van der Waals surface area contributed by atoms with Crippen LogP contribution in [0.1, 0.15) is 46.0 Å². The summed E-state index contributed by atoms with van der Waals surface area (Å²) in [6.07, 6.45) is 3.28. The third kappa shape index (κ3) is 11.2. The summed E-state index contributed by atoms with van der Waals surface area (Å²) in [5, 5.41) is 7.68. The zero-order valence-corrected chi connectivity index (χ0v) is 16.2. The quantitative estimate of drug-likeness (QED) is 0.159. The van der Waals surface area contributed by atoms with Crippen LogP contribution < -0.4 is 33.2 Å². The van der Waals surface area contributed by atoms with Gasteiger partial charge in [-0.1, -0.05) is 13.8 Å². The smallest absolute Gasteiger partial charge is 0.312 e. The first-order chi connectivity index (χ1) is 12.7. The van der Waals surface area contributed by atoms with Crippen molar-refractivity contribution in [3.05, 3.63) is 0 Å². The second-order valence-electron chi connectivity index (χ2n) is 6.80. The molecule has 0 radical (unpaired) electrons. The number of nitrogens with one attached hydrogen (secondary N) is 3. The number of unbranched alkanes of at least 4 members (excludes halogenated alkanes) is 1. The molecule has 10 nitrogen and oxygen atoms in total. The van der Waals surface area contributed by atoms with E-state index in [-0.39, 0.29) is 18.9 Å². The maximum absolute atomic E-state index is 12.5. The van der Waals surface area contributed by atoms with Crippen molar-refractivity contribution in [2.45, 2.75) is 64.1 Å². The fraction of sp³-hybridized carbons (Fsp3) is 0.765. The van der Waals surface area contributed by atoms with Gasteiger partial charge in [-0.15, -0.1) is 0 Å². The van der Waals surface area contributed by atoms with Crippen molar-refractivity contribution >= 4 is 24.1 Å². The van der Waals surface area contributed by atoms with Gasteiger partial charge in [-0.3, -0.25) is 9.59 Å². The van der Waals surface area contributed by atoms with Crippen LogP contribution in [0.25, 0.3) is 0 Å². The second-order valence-corrected chi connectivity index (χ2v) is 6.80. The van der Waals surface area contributed by atoms with E-state index in [1.54, 1.807) is 13.8 Å². The minimum Gasteiger partial charge on any atom is -0.352 e. The topological polar surface area (TPSA) is 182 Å². The molecule has 0 aliphatic rings. The maximum atomic E-state index is 12.5. The lowest BCUT2D eigenvalue weighted by molar-refractivity contribution is -0.131. The molecule has 0 aromatic rings. The van der Waals surface area contributed by atoms with Gasteiger partial charge in [0.25, 0.3) is 0 Å². The van der Waals surface area contributed by atoms with Crippen molar-refractivity contribution in [2.24, 2.45) is 23.1 Å². The first-order valence-electron chi connectivity index (χ1n) is 9.27. The Labute approximate surface area is 160 Å². The van der Waals surface area contributed by atoms with Crippen LogP contribution in [0.15, 0.2) is 0 Å². The summed E-state index contributed by atoms with van der Waals surface area (Å²) in [5.41, 5.74) is 16.3. The molecular formula is C17H34N6O4. The lowest BCUT2D eigenvalue weighted by Crippen LogP contribution is -2.54. The highest BCUT2D eigenvalue weighted by molar-refractivity contribution is 5.90. The van der Waals surface area contributed by atoms with Crippen molar-refractivity contribution in [3.63, 3.8) is 0 Å². The molecule has 0 saturated heterocycles. The van der Waals surface area contributed by atoms with Crippen LogP contribution in [-0.2, 0) is 14.4 Å². The van der Waals surface area contributed by atoms with Crippen molar-refractivity contribution in [1.82, 2.24) is 16.0 Å². The number of rotatable bonds is 14. The average Bonchev–Trinajstić information content (AvgIpc) is 2.62. The van der Waals surface area contributed by atoms with Gasteiger partial charge >= 0.3 is 6.03 Å². The molecule has 0 bridgehead atoms. The number of hydrogen-bond donors (Lipinski definition) is 6. The highest BCUT2D eigenvalue weighted by atomic mass is 16.2. The van der Waals surface area contributed by atoms with Gasteiger partial charge in [-0.2, -0.15) is 0 Å². The third-order valence-corrected chi connectivity index (χ3v) is 4.08. The van der Waals surface area contributed by atoms with Crippen molar-refractivity contribution in [1.29, 1.82) is 0 Å². The first-order valence-corrected chi connectivity index (χ1v) is 9.27. The van der Waals surface area contributed by atoms with Gasteiger partial charge in [0.1, 0.15) is 12.3 Å². The predicted octanol–water partition coefficient (Wildman–Crippen LogP) is -1.28. The van der Waals surface area contributed by atoms with E-state index in [1.807, 2.05) is 0 Å². The minimum absolute atomic E-state index is 0.0933. The molecule has 0 aliphatic heterocycles. The Bertz CT molecular complexity index is 486. The Kier molecular flexibility index (Phi) is 12.8. The lowest BCUT2D eigenvalue weighted by atomic mass is 10.0. The van der Waals surface area contributed by atoms with Crippen molar-refractivity contribution in [3.8, 4) is 0 Å². The fourth-order valence-corrected chi connectivity index (χ4v) is 2.32. The van der Waals surface area contributed by atoms with Crippen molar-refractivity contribution in [2.75, 3.05) is 13.1 Å². The molecule has 0 aliphatic carbocycles. The number of aldehydes is 1. The Morgan fingerprint density at radius 1 is 1.00 bits per heavy atom. The summed E-state index contributed by atoms with van der Waals surface area (Å²) in [6, 6.07) is -2.93. The summed E-state index contributed by atoms with van der Waals surface area (Å²) in [4.78, 5) is 46.7. The number of nitrogens with two attached hydrogens (primary N) is 3. The van der Waals surface area contributed by atoms with Crippen LogP contribution >= 0.6 is 0 Å². The maximum Gasteiger partial charge on any atom is 0.312 e. The Morgan fingerprint density at radius 2 is 1.67 bits per heavy atom. The number of amides is 4. The SMILES string of the molecule is CC(C)C(N)C(=O)N[C@@H](CCCNC(N)=O)C(=O)N[C@H](C=O)CCCCN. The average molecular weight is 386 g/mol. The number of hydrogen-bond acceptors (Lipinski definition) is 6. The van der Waals surface area contributed by atoms with Crippen LogP contribution in [0.2, 0.25) is 0 Å². The molecule has 9 N–H and O–H groups in total. The zero-order chi connectivity index (χ0) is 20.8. The molecule has 1 unspecified atom stereocenters. The largest absolute Gasteiger partial charge is 0.352 e. The van der Waals surface area contributed by atoms with Gasteiger partial charge in [0.2, 0.25) is 11.8 Å². The first kappa shape index (κ1) is 24.8. The van der Waals surface area contributed by atoms with Gasteiger partial charge in [-0.25, -0.2) is 4.79 Å². The summed E-state index contributed by atoms with van der Waals surface area (Å²) in [6.45, 7) is 4.38. The predicted molar refractivity (Wildman–Crippen MR) is 102 cm³/mol. The van der Waals surface area contributed by atoms with Gasteiger partial charge in [-0.05, 0) is 44.6 Å². The van der Waals surface area contributed by atoms with Gasteiger partial charge in [0, 0.05) is 6.54 Å². The molecule has 0 aromatic heterocycles. The van der Waals surface area contributed by atoms with Gasteiger partial charge in [0.05, 0.1) is 12.1 Å². The third-order valence-electron chi connectivity index (χ3n) is 4.08. The van der Waals surface area contributed by atoms with Crippen molar-refractivity contribution < 1.29 is 19.2 Å². The summed E-state index contributed by atoms with van der Waals surface area (Å²) >= 11 is 0. The van der Waals surface area contributed by atoms with Gasteiger partial charge < -0.3 is 37.9 Å². The monoisotopic (exact) mass is 386 g/mol. The fourth-order valence-electron chi connectivity index (χ4n) is 2.32. The molecular weight excluding hydrogens is 352 g/mol. The van der Waals surface area contributed by atoms with E-state index in [2.05, 4.69) is 16.0 Å². The second kappa shape index (κ2) is 13.9. The minimum atomic E-state index is -0.867. The summed E-state index contributed by atoms with van der Waals surface area (Å²) in [7, 11) is 0. The van der Waals surface area contributed by atoms with Crippen LogP contribution in [0, 0.1) is 5.92 Å². The lowest BCUT2D eigenvalue weighted by Gasteiger charge is -2.23. The normalized spacial score (nSPS) is 14.1. The van der Waals surface area contributed by atoms with E-state index in [1.165, 1.54) is 0 Å². The molecule has 10 heteroatoms. The summed E-state index contributed by atoms with van der Waals surface area (Å²) in [5.74, 6) is -1.01.